The molecule has 1 fully saturated rings. The highest BCUT2D eigenvalue weighted by atomic mass is 15.3. The number of aryl methyl sites for hydroxylation is 1. The number of nitrogens with two attached hydrogens (primary N) is 1. The number of hydrazine groups is 1. The van der Waals surface area contributed by atoms with Crippen molar-refractivity contribution in [3.8, 4) is 0 Å². The van der Waals surface area contributed by atoms with Crippen LogP contribution in [0.1, 0.15) is 45.0 Å². The smallest absolute Gasteiger partial charge is 0.128 e. The highest BCUT2D eigenvalue weighted by Gasteiger charge is 2.41. The van der Waals surface area contributed by atoms with E-state index in [0.29, 0.717) is 0 Å². The zero-order chi connectivity index (χ0) is 13.2. The Kier molecular flexibility index (Phi) is 4.04. The summed E-state index contributed by atoms with van der Waals surface area (Å²) in [5.41, 5.74) is 3.01. The van der Waals surface area contributed by atoms with E-state index in [-0.39, 0.29) is 11.6 Å². The first-order valence-corrected chi connectivity index (χ1v) is 6.82. The van der Waals surface area contributed by atoms with E-state index in [9.17, 15) is 0 Å². The van der Waals surface area contributed by atoms with Gasteiger partial charge in [-0.2, -0.15) is 0 Å². The topological polar surface area (TPSA) is 59.1 Å². The monoisotopic (exact) mass is 251 g/mol. The van der Waals surface area contributed by atoms with Gasteiger partial charge in [-0.3, -0.25) is 10.7 Å². The predicted molar refractivity (Wildman–Crippen MR) is 72.8 cm³/mol. The van der Waals surface area contributed by atoms with Gasteiger partial charge in [0.05, 0.1) is 6.04 Å². The molecule has 0 aliphatic carbocycles. The molecule has 0 spiro atoms. The van der Waals surface area contributed by atoms with Crippen molar-refractivity contribution in [2.24, 2.45) is 12.9 Å². The second-order valence-corrected chi connectivity index (χ2v) is 5.40. The molecule has 0 bridgehead atoms. The molecule has 5 heteroatoms. The minimum absolute atomic E-state index is 0.0182. The molecule has 1 aromatic rings. The zero-order valence-corrected chi connectivity index (χ0v) is 11.7. The van der Waals surface area contributed by atoms with E-state index < -0.39 is 0 Å². The fourth-order valence-corrected chi connectivity index (χ4v) is 3.03. The maximum atomic E-state index is 5.83. The molecule has 0 radical (unpaired) electrons. The van der Waals surface area contributed by atoms with E-state index in [1.54, 1.807) is 0 Å². The Morgan fingerprint density at radius 1 is 1.50 bits per heavy atom. The van der Waals surface area contributed by atoms with Crippen molar-refractivity contribution >= 4 is 0 Å². The Morgan fingerprint density at radius 3 is 2.61 bits per heavy atom. The molecule has 2 atom stereocenters. The van der Waals surface area contributed by atoms with E-state index in [1.807, 2.05) is 19.4 Å². The lowest BCUT2D eigenvalue weighted by atomic mass is 9.87. The van der Waals surface area contributed by atoms with Crippen LogP contribution < -0.4 is 11.3 Å². The molecule has 3 N–H and O–H groups in total. The normalized spacial score (nSPS) is 22.0. The van der Waals surface area contributed by atoms with Crippen LogP contribution in [0.5, 0.6) is 0 Å². The molecule has 1 aromatic heterocycles. The van der Waals surface area contributed by atoms with Crippen molar-refractivity contribution in [2.45, 2.75) is 44.7 Å². The molecule has 2 unspecified atom stereocenters. The van der Waals surface area contributed by atoms with E-state index in [0.717, 1.165) is 25.3 Å². The van der Waals surface area contributed by atoms with Crippen molar-refractivity contribution in [3.05, 3.63) is 18.2 Å². The number of nitrogens with one attached hydrogen (secondary N) is 1. The van der Waals surface area contributed by atoms with Crippen LogP contribution >= 0.6 is 0 Å². The molecule has 18 heavy (non-hydrogen) atoms. The molecule has 2 heterocycles. The minimum Gasteiger partial charge on any atom is -0.337 e. The number of hydrogen-bond donors (Lipinski definition) is 2. The molecule has 5 nitrogen and oxygen atoms in total. The Morgan fingerprint density at radius 2 is 2.17 bits per heavy atom. The average Bonchev–Trinajstić information content (AvgIpc) is 3.02. The fourth-order valence-electron chi connectivity index (χ4n) is 3.03. The second-order valence-electron chi connectivity index (χ2n) is 5.40. The van der Waals surface area contributed by atoms with Gasteiger partial charge < -0.3 is 4.57 Å². The number of hydrogen-bond acceptors (Lipinski definition) is 4. The number of nitrogens with zero attached hydrogens (tertiary/aromatic N) is 3. The average molecular weight is 251 g/mol. The molecule has 1 saturated heterocycles. The van der Waals surface area contributed by atoms with Crippen LogP contribution in [0.3, 0.4) is 0 Å². The summed E-state index contributed by atoms with van der Waals surface area (Å²) in [5.74, 6) is 6.84. The van der Waals surface area contributed by atoms with Crippen LogP contribution in [0.15, 0.2) is 12.4 Å². The van der Waals surface area contributed by atoms with Crippen molar-refractivity contribution in [2.75, 3.05) is 13.1 Å². The van der Waals surface area contributed by atoms with Gasteiger partial charge in [-0.15, -0.1) is 0 Å². The van der Waals surface area contributed by atoms with Crippen LogP contribution in [-0.4, -0.2) is 33.1 Å². The van der Waals surface area contributed by atoms with E-state index in [2.05, 4.69) is 33.7 Å². The molecule has 0 aromatic carbocycles. The maximum absolute atomic E-state index is 5.83. The minimum atomic E-state index is 0.0182. The van der Waals surface area contributed by atoms with Crippen molar-refractivity contribution in [3.63, 3.8) is 0 Å². The third kappa shape index (κ3) is 2.18. The van der Waals surface area contributed by atoms with Crippen LogP contribution in [0.2, 0.25) is 0 Å². The summed E-state index contributed by atoms with van der Waals surface area (Å²) < 4.78 is 2.05. The SMILES string of the molecule is CCC(C)(C(NN)c1nccn1C)N1CCCC1. The van der Waals surface area contributed by atoms with E-state index in [1.165, 1.54) is 12.8 Å². The summed E-state index contributed by atoms with van der Waals surface area (Å²) in [6.45, 7) is 6.84. The lowest BCUT2D eigenvalue weighted by molar-refractivity contribution is 0.0792. The second kappa shape index (κ2) is 5.38. The number of rotatable bonds is 5. The van der Waals surface area contributed by atoms with Crippen LogP contribution in [-0.2, 0) is 7.05 Å². The van der Waals surface area contributed by atoms with Crippen LogP contribution in [0, 0.1) is 0 Å². The van der Waals surface area contributed by atoms with Crippen molar-refractivity contribution in [1.82, 2.24) is 19.9 Å². The molecular formula is C13H25N5. The Hall–Kier alpha value is -0.910. The first-order valence-electron chi connectivity index (χ1n) is 6.82. The molecule has 0 amide bonds. The number of aromatic nitrogens is 2. The van der Waals surface area contributed by atoms with Gasteiger partial charge in [-0.05, 0) is 39.3 Å². The highest BCUT2D eigenvalue weighted by Crippen LogP contribution is 2.35. The van der Waals surface area contributed by atoms with Gasteiger partial charge in [0.15, 0.2) is 0 Å². The number of imidazole rings is 1. The van der Waals surface area contributed by atoms with Gasteiger partial charge in [-0.1, -0.05) is 6.92 Å². The summed E-state index contributed by atoms with van der Waals surface area (Å²) in [6.07, 6.45) is 7.43. The zero-order valence-electron chi connectivity index (χ0n) is 11.7. The molecule has 0 saturated carbocycles. The fraction of sp³-hybridized carbons (Fsp3) is 0.769. The largest absolute Gasteiger partial charge is 0.337 e. The quantitative estimate of drug-likeness (QED) is 0.609. The molecular weight excluding hydrogens is 226 g/mol. The highest BCUT2D eigenvalue weighted by molar-refractivity contribution is 5.09. The predicted octanol–water partition coefficient (Wildman–Crippen LogP) is 1.19. The standard InChI is InChI=1S/C13H25N5/c1-4-13(2,18-8-5-6-9-18)11(16-14)12-15-7-10-17(12)3/h7,10-11,16H,4-6,8-9,14H2,1-3H3. The number of likely N-dealkylation sites (tertiary alicyclic amines) is 1. The van der Waals surface area contributed by atoms with Crippen LogP contribution in [0.25, 0.3) is 0 Å². The molecule has 2 rings (SSSR count). The third-order valence-electron chi connectivity index (χ3n) is 4.45. The third-order valence-corrected chi connectivity index (χ3v) is 4.45. The Balaban J connectivity index is 2.31. The van der Waals surface area contributed by atoms with Crippen molar-refractivity contribution in [1.29, 1.82) is 0 Å². The Bertz CT molecular complexity index is 382. The van der Waals surface area contributed by atoms with E-state index in [4.69, 9.17) is 5.84 Å². The Labute approximate surface area is 109 Å². The molecule has 1 aliphatic rings. The van der Waals surface area contributed by atoms with Gasteiger partial charge in [0.1, 0.15) is 5.82 Å². The van der Waals surface area contributed by atoms with Gasteiger partial charge in [0.2, 0.25) is 0 Å². The van der Waals surface area contributed by atoms with Crippen LogP contribution in [0.4, 0.5) is 0 Å². The van der Waals surface area contributed by atoms with Crippen molar-refractivity contribution < 1.29 is 0 Å². The van der Waals surface area contributed by atoms with Gasteiger partial charge in [0, 0.05) is 25.0 Å². The summed E-state index contributed by atoms with van der Waals surface area (Å²) in [7, 11) is 2.02. The van der Waals surface area contributed by atoms with Gasteiger partial charge in [-0.25, -0.2) is 10.4 Å². The molecule has 1 aliphatic heterocycles. The lowest BCUT2D eigenvalue weighted by Gasteiger charge is -2.43. The first-order chi connectivity index (χ1) is 8.63. The summed E-state index contributed by atoms with van der Waals surface area (Å²) in [5, 5.41) is 0. The summed E-state index contributed by atoms with van der Waals surface area (Å²) in [4.78, 5) is 7.01. The maximum Gasteiger partial charge on any atom is 0.128 e. The van der Waals surface area contributed by atoms with E-state index >= 15 is 0 Å². The summed E-state index contributed by atoms with van der Waals surface area (Å²) >= 11 is 0. The van der Waals surface area contributed by atoms with Gasteiger partial charge in [0.25, 0.3) is 0 Å². The summed E-state index contributed by atoms with van der Waals surface area (Å²) in [6, 6.07) is 0.0561. The van der Waals surface area contributed by atoms with Gasteiger partial charge >= 0.3 is 0 Å². The first kappa shape index (κ1) is 13.5. The molecule has 102 valence electrons. The lowest BCUT2D eigenvalue weighted by Crippen LogP contribution is -2.55.